The maximum atomic E-state index is 12.9. The van der Waals surface area contributed by atoms with Gasteiger partial charge in [-0.05, 0) is 64.2 Å². The maximum Gasteiger partial charge on any atom is 0.305 e. The molecule has 8 nitrogen and oxygen atoms in total. The van der Waals surface area contributed by atoms with E-state index in [2.05, 4.69) is 61.0 Å². The molecular formula is C47H85BrO8. The number of carbonyl (C=O) groups excluding carboxylic acids is 3. The van der Waals surface area contributed by atoms with Crippen molar-refractivity contribution in [2.24, 2.45) is 5.92 Å². The lowest BCUT2D eigenvalue weighted by atomic mass is 10.1. The van der Waals surface area contributed by atoms with Gasteiger partial charge in [0.1, 0.15) is 19.8 Å². The van der Waals surface area contributed by atoms with Crippen LogP contribution in [0.3, 0.4) is 0 Å². The molecule has 0 rings (SSSR count). The van der Waals surface area contributed by atoms with Crippen LogP contribution in [-0.2, 0) is 38.1 Å². The quantitative estimate of drug-likeness (QED) is 0.0149. The van der Waals surface area contributed by atoms with Gasteiger partial charge in [-0.15, -0.1) is 0 Å². The molecule has 0 N–H and O–H groups in total. The molecule has 328 valence electrons. The molecule has 0 amide bonds. The van der Waals surface area contributed by atoms with Crippen LogP contribution in [0.15, 0.2) is 24.3 Å². The van der Waals surface area contributed by atoms with Gasteiger partial charge in [0.05, 0.1) is 12.3 Å². The Bertz CT molecular complexity index is 921. The van der Waals surface area contributed by atoms with Crippen molar-refractivity contribution in [1.82, 2.24) is 0 Å². The first-order valence-corrected chi connectivity index (χ1v) is 24.1. The van der Waals surface area contributed by atoms with Crippen LogP contribution in [0.4, 0.5) is 0 Å². The number of alkyl halides is 1. The lowest BCUT2D eigenvalue weighted by Crippen LogP contribution is -2.27. The summed E-state index contributed by atoms with van der Waals surface area (Å²) in [4.78, 5) is 37.7. The molecule has 0 aromatic rings. The molecule has 0 heterocycles. The Morgan fingerprint density at radius 3 is 1.36 bits per heavy atom. The minimum atomic E-state index is -0.444. The van der Waals surface area contributed by atoms with Crippen LogP contribution in [0, 0.1) is 5.92 Å². The normalized spacial score (nSPS) is 12.2. The number of hydrogen-bond donors (Lipinski definition) is 0. The molecule has 0 aromatic carbocycles. The Balaban J connectivity index is 4.67. The van der Waals surface area contributed by atoms with Crippen LogP contribution >= 0.6 is 15.9 Å². The van der Waals surface area contributed by atoms with E-state index in [0.29, 0.717) is 32.5 Å². The predicted octanol–water partition coefficient (Wildman–Crippen LogP) is 13.5. The SMILES string of the molecule is CCCCC/C=C\C/C=C\CCCCCCCC(=O)OCC(COC(=O)CCCCBr)COC(=O)CCC(OCCCCCCCC)OCCCCCCCC. The molecule has 0 saturated heterocycles. The van der Waals surface area contributed by atoms with Crippen LogP contribution < -0.4 is 0 Å². The minimum absolute atomic E-state index is 0.00634. The largest absolute Gasteiger partial charge is 0.465 e. The summed E-state index contributed by atoms with van der Waals surface area (Å²) in [5, 5.41) is 0.832. The van der Waals surface area contributed by atoms with Gasteiger partial charge in [-0.25, -0.2) is 0 Å². The summed E-state index contributed by atoms with van der Waals surface area (Å²) in [6.45, 7) is 7.98. The van der Waals surface area contributed by atoms with E-state index in [4.69, 9.17) is 23.7 Å². The predicted molar refractivity (Wildman–Crippen MR) is 235 cm³/mol. The lowest BCUT2D eigenvalue weighted by molar-refractivity contribution is -0.162. The van der Waals surface area contributed by atoms with Gasteiger partial charge in [0.25, 0.3) is 0 Å². The maximum absolute atomic E-state index is 12.9. The molecule has 0 aromatic heterocycles. The highest BCUT2D eigenvalue weighted by Crippen LogP contribution is 2.14. The number of rotatable bonds is 43. The highest BCUT2D eigenvalue weighted by Gasteiger charge is 2.19. The van der Waals surface area contributed by atoms with Crippen LogP contribution in [0.2, 0.25) is 0 Å². The zero-order valence-electron chi connectivity index (χ0n) is 36.4. The Hall–Kier alpha value is -1.71. The zero-order valence-corrected chi connectivity index (χ0v) is 37.9. The van der Waals surface area contributed by atoms with E-state index in [0.717, 1.165) is 88.8 Å². The third kappa shape index (κ3) is 40.5. The van der Waals surface area contributed by atoms with Crippen molar-refractivity contribution in [3.8, 4) is 0 Å². The molecule has 56 heavy (non-hydrogen) atoms. The van der Waals surface area contributed by atoms with Gasteiger partial charge >= 0.3 is 17.9 Å². The molecule has 9 heteroatoms. The molecule has 1 unspecified atom stereocenters. The third-order valence-corrected chi connectivity index (χ3v) is 10.3. The van der Waals surface area contributed by atoms with Crippen molar-refractivity contribution < 1.29 is 38.1 Å². The third-order valence-electron chi connectivity index (χ3n) is 9.72. The average Bonchev–Trinajstić information content (AvgIpc) is 3.20. The summed E-state index contributed by atoms with van der Waals surface area (Å²) < 4.78 is 28.8. The number of esters is 3. The molecule has 0 aliphatic carbocycles. The number of ether oxygens (including phenoxy) is 5. The number of unbranched alkanes of at least 4 members (excludes halogenated alkanes) is 19. The van der Waals surface area contributed by atoms with Crippen molar-refractivity contribution in [3.05, 3.63) is 24.3 Å². The van der Waals surface area contributed by atoms with Crippen LogP contribution in [0.1, 0.15) is 207 Å². The standard InChI is InChI=1S/C47H85BrO8/c1-4-7-10-13-16-17-18-19-20-21-22-23-24-25-28-33-44(49)54-40-43(41-55-45(50)34-29-30-37-48)42-56-46(51)35-36-47(52-38-31-26-14-11-8-5-2)53-39-32-27-15-12-9-6-3/h16-17,19-20,43,47H,4-15,18,21-42H2,1-3H3/b17-16-,20-19-. The van der Waals surface area contributed by atoms with E-state index in [9.17, 15) is 14.4 Å². The first-order valence-electron chi connectivity index (χ1n) is 23.0. The van der Waals surface area contributed by atoms with Crippen molar-refractivity contribution in [2.45, 2.75) is 213 Å². The van der Waals surface area contributed by atoms with Crippen molar-refractivity contribution >= 4 is 33.8 Å². The van der Waals surface area contributed by atoms with Crippen LogP contribution in [0.5, 0.6) is 0 Å². The van der Waals surface area contributed by atoms with Gasteiger partial charge in [-0.3, -0.25) is 14.4 Å². The fourth-order valence-electron chi connectivity index (χ4n) is 6.08. The van der Waals surface area contributed by atoms with Gasteiger partial charge in [0.15, 0.2) is 6.29 Å². The summed E-state index contributed by atoms with van der Waals surface area (Å²) in [7, 11) is 0. The first kappa shape index (κ1) is 54.3. The van der Waals surface area contributed by atoms with Crippen LogP contribution in [0.25, 0.3) is 0 Å². The van der Waals surface area contributed by atoms with E-state index in [1.54, 1.807) is 0 Å². The highest BCUT2D eigenvalue weighted by atomic mass is 79.9. The Morgan fingerprint density at radius 2 is 0.857 bits per heavy atom. The molecule has 0 aliphatic heterocycles. The second kappa shape index (κ2) is 44.4. The second-order valence-electron chi connectivity index (χ2n) is 15.3. The van der Waals surface area contributed by atoms with Gasteiger partial charge in [-0.2, -0.15) is 0 Å². The van der Waals surface area contributed by atoms with E-state index >= 15 is 0 Å². The monoisotopic (exact) mass is 857 g/mol. The van der Waals surface area contributed by atoms with Crippen molar-refractivity contribution in [3.63, 3.8) is 0 Å². The summed E-state index contributed by atoms with van der Waals surface area (Å²) in [5.74, 6) is -1.38. The van der Waals surface area contributed by atoms with Crippen molar-refractivity contribution in [2.75, 3.05) is 38.4 Å². The summed E-state index contributed by atoms with van der Waals surface area (Å²) in [5.41, 5.74) is 0. The average molecular weight is 858 g/mol. The molecule has 1 atom stereocenters. The molecule has 0 bridgehead atoms. The molecule has 0 aliphatic rings. The summed E-state index contributed by atoms with van der Waals surface area (Å²) in [6, 6.07) is 0. The van der Waals surface area contributed by atoms with Gasteiger partial charge in [-0.1, -0.05) is 157 Å². The second-order valence-corrected chi connectivity index (χ2v) is 16.1. The number of hydrogen-bond acceptors (Lipinski definition) is 8. The fourth-order valence-corrected chi connectivity index (χ4v) is 6.48. The summed E-state index contributed by atoms with van der Waals surface area (Å²) >= 11 is 3.39. The highest BCUT2D eigenvalue weighted by molar-refractivity contribution is 9.09. The number of carbonyl (C=O) groups is 3. The van der Waals surface area contributed by atoms with Gasteiger partial charge in [0.2, 0.25) is 0 Å². The molecule has 0 saturated carbocycles. The van der Waals surface area contributed by atoms with Gasteiger partial charge < -0.3 is 23.7 Å². The number of allylic oxidation sites excluding steroid dienone is 4. The van der Waals surface area contributed by atoms with Crippen LogP contribution in [-0.4, -0.2) is 62.6 Å². The summed E-state index contributed by atoms with van der Waals surface area (Å²) in [6.07, 6.45) is 38.0. The molecule has 0 radical (unpaired) electrons. The Morgan fingerprint density at radius 1 is 0.464 bits per heavy atom. The number of halogens is 1. The zero-order chi connectivity index (χ0) is 41.0. The molecule has 0 fully saturated rings. The van der Waals surface area contributed by atoms with E-state index in [1.807, 2.05) is 0 Å². The van der Waals surface area contributed by atoms with E-state index < -0.39 is 12.2 Å². The van der Waals surface area contributed by atoms with Gasteiger partial charge in [0, 0.05) is 37.8 Å². The molecule has 0 spiro atoms. The Labute approximate surface area is 352 Å². The first-order chi connectivity index (χ1) is 27.5. The van der Waals surface area contributed by atoms with E-state index in [1.165, 1.54) is 77.0 Å². The minimum Gasteiger partial charge on any atom is -0.465 e. The fraction of sp³-hybridized carbons (Fsp3) is 0.851. The molecular weight excluding hydrogens is 772 g/mol. The smallest absolute Gasteiger partial charge is 0.305 e. The lowest BCUT2D eigenvalue weighted by Gasteiger charge is -2.20. The van der Waals surface area contributed by atoms with E-state index in [-0.39, 0.29) is 44.1 Å². The van der Waals surface area contributed by atoms with Crippen molar-refractivity contribution in [1.29, 1.82) is 0 Å². The Kier molecular flexibility index (Phi) is 43.0. The topological polar surface area (TPSA) is 97.4 Å².